The first-order valence-corrected chi connectivity index (χ1v) is 11.0. The molecule has 2 aromatic carbocycles. The van der Waals surface area contributed by atoms with Gasteiger partial charge in [0.2, 0.25) is 5.91 Å². The average Bonchev–Trinajstić information content (AvgIpc) is 3.15. The van der Waals surface area contributed by atoms with Gasteiger partial charge in [0.15, 0.2) is 0 Å². The molecular formula is C25H33N3O3. The van der Waals surface area contributed by atoms with Crippen LogP contribution in [0.3, 0.4) is 0 Å². The van der Waals surface area contributed by atoms with Crippen molar-refractivity contribution < 1.29 is 14.3 Å². The van der Waals surface area contributed by atoms with Crippen molar-refractivity contribution in [2.45, 2.75) is 65.8 Å². The summed E-state index contributed by atoms with van der Waals surface area (Å²) in [6, 6.07) is 15.7. The molecule has 6 heteroatoms. The number of ether oxygens (including phenoxy) is 2. The number of fused-ring (bicyclic) bond motifs is 1. The molecular weight excluding hydrogens is 390 g/mol. The first kappa shape index (κ1) is 22.7. The predicted octanol–water partition coefficient (Wildman–Crippen LogP) is 5.05. The van der Waals surface area contributed by atoms with E-state index in [0.29, 0.717) is 0 Å². The fraction of sp³-hybridized carbons (Fsp3) is 0.440. The second kappa shape index (κ2) is 10.3. The molecule has 3 rings (SSSR count). The zero-order valence-corrected chi connectivity index (χ0v) is 19.2. The van der Waals surface area contributed by atoms with E-state index in [9.17, 15) is 4.79 Å². The Labute approximate surface area is 184 Å². The zero-order chi connectivity index (χ0) is 22.4. The highest BCUT2D eigenvalue weighted by atomic mass is 16.5. The van der Waals surface area contributed by atoms with E-state index in [1.165, 1.54) is 0 Å². The fourth-order valence-electron chi connectivity index (χ4n) is 3.77. The van der Waals surface area contributed by atoms with Crippen LogP contribution in [0.2, 0.25) is 0 Å². The van der Waals surface area contributed by atoms with Crippen LogP contribution >= 0.6 is 0 Å². The van der Waals surface area contributed by atoms with Crippen LogP contribution in [0.5, 0.6) is 11.5 Å². The maximum Gasteiger partial charge on any atom is 0.243 e. The minimum absolute atomic E-state index is 0.109. The Hall–Kier alpha value is -3.02. The maximum absolute atomic E-state index is 13.4. The molecule has 0 spiro atoms. The van der Waals surface area contributed by atoms with Crippen LogP contribution in [0.4, 0.5) is 0 Å². The van der Waals surface area contributed by atoms with Crippen molar-refractivity contribution in [1.82, 2.24) is 14.5 Å². The van der Waals surface area contributed by atoms with Gasteiger partial charge in [-0.3, -0.25) is 4.79 Å². The topological polar surface area (TPSA) is 56.6 Å². The molecule has 2 atom stereocenters. The number of aromatic nitrogens is 2. The zero-order valence-electron chi connectivity index (χ0n) is 19.2. The number of hydrogen-bond donors (Lipinski definition) is 0. The number of nitrogens with zero attached hydrogens (tertiary/aromatic N) is 3. The van der Waals surface area contributed by atoms with Crippen molar-refractivity contribution >= 4 is 16.9 Å². The molecule has 0 saturated heterocycles. The Kier molecular flexibility index (Phi) is 7.55. The largest absolute Gasteiger partial charge is 0.497 e. The molecule has 3 aromatic rings. The highest BCUT2D eigenvalue weighted by Gasteiger charge is 2.25. The van der Waals surface area contributed by atoms with Crippen molar-refractivity contribution in [2.75, 3.05) is 7.11 Å². The lowest BCUT2D eigenvalue weighted by atomic mass is 10.1. The molecule has 0 aliphatic rings. The van der Waals surface area contributed by atoms with E-state index in [1.807, 2.05) is 58.0 Å². The average molecular weight is 424 g/mol. The molecule has 1 amide bonds. The fourth-order valence-corrected chi connectivity index (χ4v) is 3.77. The summed E-state index contributed by atoms with van der Waals surface area (Å²) in [6.45, 7) is 8.99. The van der Waals surface area contributed by atoms with Crippen molar-refractivity contribution in [3.05, 3.63) is 54.4 Å². The van der Waals surface area contributed by atoms with Gasteiger partial charge in [-0.15, -0.1) is 0 Å². The molecule has 0 N–H and O–H groups in total. The number of para-hydroxylation sites is 2. The molecule has 0 fully saturated rings. The van der Waals surface area contributed by atoms with Gasteiger partial charge in [0.1, 0.15) is 30.5 Å². The number of imidazole rings is 1. The minimum atomic E-state index is 0.109. The number of benzene rings is 2. The molecule has 166 valence electrons. The van der Waals surface area contributed by atoms with Crippen LogP contribution in [-0.4, -0.2) is 39.6 Å². The van der Waals surface area contributed by atoms with Gasteiger partial charge in [0.25, 0.3) is 0 Å². The second-order valence-corrected chi connectivity index (χ2v) is 7.88. The van der Waals surface area contributed by atoms with Gasteiger partial charge < -0.3 is 18.9 Å². The van der Waals surface area contributed by atoms with E-state index in [0.717, 1.165) is 41.2 Å². The number of amides is 1. The van der Waals surface area contributed by atoms with E-state index in [2.05, 4.69) is 27.7 Å². The summed E-state index contributed by atoms with van der Waals surface area (Å²) in [7, 11) is 1.64. The van der Waals surface area contributed by atoms with Gasteiger partial charge >= 0.3 is 0 Å². The van der Waals surface area contributed by atoms with Crippen LogP contribution < -0.4 is 9.47 Å². The summed E-state index contributed by atoms with van der Waals surface area (Å²) in [6.07, 6.45) is 1.85. The first-order valence-electron chi connectivity index (χ1n) is 11.0. The maximum atomic E-state index is 13.4. The number of methoxy groups -OCH3 is 1. The molecule has 1 heterocycles. The minimum Gasteiger partial charge on any atom is -0.497 e. The Morgan fingerprint density at radius 3 is 2.23 bits per heavy atom. The highest BCUT2D eigenvalue weighted by molar-refractivity contribution is 5.81. The number of carbonyl (C=O) groups is 1. The smallest absolute Gasteiger partial charge is 0.243 e. The summed E-state index contributed by atoms with van der Waals surface area (Å²) >= 11 is 0. The molecule has 2 unspecified atom stereocenters. The van der Waals surface area contributed by atoms with E-state index in [-0.39, 0.29) is 31.1 Å². The third-order valence-corrected chi connectivity index (χ3v) is 5.87. The van der Waals surface area contributed by atoms with Gasteiger partial charge in [-0.2, -0.15) is 0 Å². The van der Waals surface area contributed by atoms with Gasteiger partial charge in [-0.05, 0) is 63.1 Å². The quantitative estimate of drug-likeness (QED) is 0.458. The molecule has 0 aliphatic heterocycles. The molecule has 0 radical (unpaired) electrons. The van der Waals surface area contributed by atoms with Crippen LogP contribution in [0.25, 0.3) is 11.0 Å². The Morgan fingerprint density at radius 1 is 1.00 bits per heavy atom. The third kappa shape index (κ3) is 5.19. The van der Waals surface area contributed by atoms with Crippen LogP contribution in [0, 0.1) is 0 Å². The Balaban J connectivity index is 1.86. The summed E-state index contributed by atoms with van der Waals surface area (Å²) in [5.41, 5.74) is 1.81. The molecule has 0 aliphatic carbocycles. The standard InChI is InChI=1S/C25H33N3O3/c1-6-18(3)28(19(4)7-2)25(29)16-27-23-11-9-8-10-22(23)26-24(27)17-31-21-14-12-20(30-5)13-15-21/h8-15,18-19H,6-7,16-17H2,1-5H3. The third-order valence-electron chi connectivity index (χ3n) is 5.87. The lowest BCUT2D eigenvalue weighted by Gasteiger charge is -2.34. The Bertz CT molecular complexity index is 987. The molecule has 6 nitrogen and oxygen atoms in total. The highest BCUT2D eigenvalue weighted by Crippen LogP contribution is 2.22. The molecule has 31 heavy (non-hydrogen) atoms. The van der Waals surface area contributed by atoms with E-state index in [4.69, 9.17) is 14.5 Å². The molecule has 0 saturated carbocycles. The lowest BCUT2D eigenvalue weighted by molar-refractivity contribution is -0.136. The van der Waals surface area contributed by atoms with Crippen molar-refractivity contribution in [2.24, 2.45) is 0 Å². The molecule has 1 aromatic heterocycles. The van der Waals surface area contributed by atoms with Crippen molar-refractivity contribution in [1.29, 1.82) is 0 Å². The molecule has 0 bridgehead atoms. The SMILES string of the molecule is CCC(C)N(C(=O)Cn1c(COc2ccc(OC)cc2)nc2ccccc21)C(C)CC. The van der Waals surface area contributed by atoms with Crippen molar-refractivity contribution in [3.63, 3.8) is 0 Å². The first-order chi connectivity index (χ1) is 15.0. The van der Waals surface area contributed by atoms with Crippen molar-refractivity contribution in [3.8, 4) is 11.5 Å². The summed E-state index contributed by atoms with van der Waals surface area (Å²) in [5, 5.41) is 0. The number of carbonyl (C=O) groups excluding carboxylic acids is 1. The summed E-state index contributed by atoms with van der Waals surface area (Å²) < 4.78 is 13.2. The normalized spacial score (nSPS) is 13.1. The Morgan fingerprint density at radius 2 is 1.61 bits per heavy atom. The van der Waals surface area contributed by atoms with Gasteiger partial charge in [-0.1, -0.05) is 26.0 Å². The van der Waals surface area contributed by atoms with Gasteiger partial charge in [0, 0.05) is 12.1 Å². The van der Waals surface area contributed by atoms with Crippen LogP contribution in [0.15, 0.2) is 48.5 Å². The van der Waals surface area contributed by atoms with Gasteiger partial charge in [-0.25, -0.2) is 4.98 Å². The predicted molar refractivity (Wildman–Crippen MR) is 123 cm³/mol. The van der Waals surface area contributed by atoms with E-state index in [1.54, 1.807) is 7.11 Å². The lowest BCUT2D eigenvalue weighted by Crippen LogP contribution is -2.45. The van der Waals surface area contributed by atoms with Crippen LogP contribution in [0.1, 0.15) is 46.4 Å². The second-order valence-electron chi connectivity index (χ2n) is 7.88. The summed E-state index contributed by atoms with van der Waals surface area (Å²) in [5.74, 6) is 2.35. The van der Waals surface area contributed by atoms with E-state index >= 15 is 0 Å². The van der Waals surface area contributed by atoms with Gasteiger partial charge in [0.05, 0.1) is 18.1 Å². The number of hydrogen-bond acceptors (Lipinski definition) is 4. The monoisotopic (exact) mass is 423 g/mol. The number of rotatable bonds is 10. The summed E-state index contributed by atoms with van der Waals surface area (Å²) in [4.78, 5) is 20.1. The van der Waals surface area contributed by atoms with E-state index < -0.39 is 0 Å². The van der Waals surface area contributed by atoms with Crippen LogP contribution in [-0.2, 0) is 17.9 Å².